The maximum atomic E-state index is 13.0. The van der Waals surface area contributed by atoms with Crippen molar-refractivity contribution in [3.05, 3.63) is 36.5 Å². The van der Waals surface area contributed by atoms with Crippen molar-refractivity contribution in [1.29, 1.82) is 0 Å². The summed E-state index contributed by atoms with van der Waals surface area (Å²) in [6.45, 7) is 1.41. The number of amides is 1. The molecular weight excluding hydrogens is 420 g/mol. The second-order valence-electron chi connectivity index (χ2n) is 7.77. The van der Waals surface area contributed by atoms with Crippen molar-refractivity contribution in [2.75, 3.05) is 50.6 Å². The minimum atomic E-state index is -3.67. The largest absolute Gasteiger partial charge is 0.486 e. The molecule has 31 heavy (non-hydrogen) atoms. The number of fused-ring (bicyclic) bond motifs is 1. The van der Waals surface area contributed by atoms with Gasteiger partial charge in [0.25, 0.3) is 0 Å². The number of anilines is 2. The van der Waals surface area contributed by atoms with Gasteiger partial charge in [-0.05, 0) is 37.1 Å². The Hall–Kier alpha value is -2.85. The Morgan fingerprint density at radius 3 is 2.45 bits per heavy atom. The van der Waals surface area contributed by atoms with Crippen LogP contribution in [0, 0.1) is 5.92 Å². The van der Waals surface area contributed by atoms with E-state index in [0.29, 0.717) is 43.2 Å². The van der Waals surface area contributed by atoms with Crippen molar-refractivity contribution in [3.8, 4) is 11.5 Å². The van der Waals surface area contributed by atoms with Gasteiger partial charge in [0.05, 0.1) is 16.8 Å². The van der Waals surface area contributed by atoms with Gasteiger partial charge in [0.15, 0.2) is 11.5 Å². The number of benzene rings is 1. The van der Waals surface area contributed by atoms with E-state index in [4.69, 9.17) is 9.47 Å². The summed E-state index contributed by atoms with van der Waals surface area (Å²) < 4.78 is 38.5. The first-order chi connectivity index (χ1) is 14.8. The first kappa shape index (κ1) is 21.4. The van der Waals surface area contributed by atoms with Crippen LogP contribution in [0.1, 0.15) is 12.8 Å². The van der Waals surface area contributed by atoms with E-state index in [9.17, 15) is 13.2 Å². The normalized spacial score (nSPS) is 17.2. The summed E-state index contributed by atoms with van der Waals surface area (Å²) in [6.07, 6.45) is 2.53. The molecule has 1 saturated heterocycles. The van der Waals surface area contributed by atoms with Crippen LogP contribution in [0.2, 0.25) is 0 Å². The zero-order valence-electron chi connectivity index (χ0n) is 17.6. The van der Waals surface area contributed by atoms with Crippen LogP contribution in [0.5, 0.6) is 11.5 Å². The molecule has 0 radical (unpaired) electrons. The molecule has 2 aromatic rings. The monoisotopic (exact) mass is 446 g/mol. The van der Waals surface area contributed by atoms with Crippen molar-refractivity contribution in [2.45, 2.75) is 17.7 Å². The van der Waals surface area contributed by atoms with E-state index in [1.165, 1.54) is 16.4 Å². The number of carbonyl (C=O) groups excluding carboxylic acids is 1. The minimum absolute atomic E-state index is 0.115. The Morgan fingerprint density at radius 1 is 1.10 bits per heavy atom. The van der Waals surface area contributed by atoms with Gasteiger partial charge < -0.3 is 19.7 Å². The van der Waals surface area contributed by atoms with Crippen molar-refractivity contribution in [3.63, 3.8) is 0 Å². The summed E-state index contributed by atoms with van der Waals surface area (Å²) in [7, 11) is 0.127. The maximum absolute atomic E-state index is 13.0. The van der Waals surface area contributed by atoms with Crippen LogP contribution >= 0.6 is 0 Å². The van der Waals surface area contributed by atoms with Crippen LogP contribution in [-0.4, -0.2) is 64.0 Å². The van der Waals surface area contributed by atoms with Crippen LogP contribution in [0.25, 0.3) is 0 Å². The molecule has 2 aliphatic rings. The highest BCUT2D eigenvalue weighted by Gasteiger charge is 2.33. The molecule has 9 nitrogen and oxygen atoms in total. The number of nitrogens with zero attached hydrogens (tertiary/aromatic N) is 3. The number of rotatable bonds is 5. The average Bonchev–Trinajstić information content (AvgIpc) is 2.79. The number of pyridine rings is 1. The van der Waals surface area contributed by atoms with Crippen molar-refractivity contribution in [2.24, 2.45) is 5.92 Å². The Balaban J connectivity index is 1.37. The highest BCUT2D eigenvalue weighted by atomic mass is 32.2. The van der Waals surface area contributed by atoms with Gasteiger partial charge in [-0.1, -0.05) is 0 Å². The molecule has 0 bridgehead atoms. The first-order valence-corrected chi connectivity index (χ1v) is 11.6. The number of nitrogens with one attached hydrogen (secondary N) is 1. The lowest BCUT2D eigenvalue weighted by Crippen LogP contribution is -2.41. The van der Waals surface area contributed by atoms with E-state index in [1.807, 2.05) is 31.1 Å². The molecule has 1 aromatic carbocycles. The Kier molecular flexibility index (Phi) is 6.01. The maximum Gasteiger partial charge on any atom is 0.243 e. The third-order valence-electron chi connectivity index (χ3n) is 5.45. The molecule has 0 saturated carbocycles. The van der Waals surface area contributed by atoms with Gasteiger partial charge >= 0.3 is 0 Å². The Morgan fingerprint density at radius 2 is 1.81 bits per heavy atom. The van der Waals surface area contributed by atoms with E-state index in [0.717, 1.165) is 5.82 Å². The van der Waals surface area contributed by atoms with Crippen LogP contribution in [0.4, 0.5) is 11.5 Å². The number of carbonyl (C=O) groups is 1. The van der Waals surface area contributed by atoms with E-state index in [2.05, 4.69) is 10.3 Å². The number of sulfonamides is 1. The molecule has 0 unspecified atom stereocenters. The molecule has 0 aliphatic carbocycles. The second-order valence-corrected chi connectivity index (χ2v) is 9.71. The zero-order chi connectivity index (χ0) is 22.0. The smallest absolute Gasteiger partial charge is 0.243 e. The topological polar surface area (TPSA) is 101 Å². The van der Waals surface area contributed by atoms with E-state index >= 15 is 0 Å². The number of aromatic nitrogens is 1. The van der Waals surface area contributed by atoms with Gasteiger partial charge in [-0.25, -0.2) is 13.4 Å². The van der Waals surface area contributed by atoms with E-state index in [1.54, 1.807) is 12.3 Å². The molecule has 4 rings (SSSR count). The van der Waals surface area contributed by atoms with Crippen molar-refractivity contribution < 1.29 is 22.7 Å². The SMILES string of the molecule is CN(C)c1ccc(NC(=O)C2CCN(S(=O)(=O)c3ccc4c(c3)OCCO4)CC2)cn1. The molecule has 0 atom stereocenters. The average molecular weight is 447 g/mol. The Bertz CT molecular complexity index is 1050. The third-order valence-corrected chi connectivity index (χ3v) is 7.34. The molecule has 166 valence electrons. The number of ether oxygens (including phenoxy) is 2. The molecule has 2 aliphatic heterocycles. The summed E-state index contributed by atoms with van der Waals surface area (Å²) in [4.78, 5) is 19.0. The fraction of sp³-hybridized carbons (Fsp3) is 0.429. The molecule has 1 fully saturated rings. The molecule has 1 aromatic heterocycles. The lowest BCUT2D eigenvalue weighted by atomic mass is 9.97. The summed E-state index contributed by atoms with van der Waals surface area (Å²) in [5.74, 6) is 1.43. The van der Waals surface area contributed by atoms with Gasteiger partial charge in [-0.3, -0.25) is 4.79 Å². The quantitative estimate of drug-likeness (QED) is 0.749. The van der Waals surface area contributed by atoms with Gasteiger partial charge in [-0.2, -0.15) is 4.31 Å². The molecule has 10 heteroatoms. The molecule has 0 spiro atoms. The van der Waals surface area contributed by atoms with Gasteiger partial charge in [0.1, 0.15) is 19.0 Å². The van der Waals surface area contributed by atoms with Gasteiger partial charge in [0.2, 0.25) is 15.9 Å². The van der Waals surface area contributed by atoms with Crippen molar-refractivity contribution >= 4 is 27.4 Å². The fourth-order valence-corrected chi connectivity index (χ4v) is 5.15. The lowest BCUT2D eigenvalue weighted by Gasteiger charge is -2.30. The highest BCUT2D eigenvalue weighted by molar-refractivity contribution is 7.89. The standard InChI is InChI=1S/C21H26N4O5S/c1-24(2)20-6-3-16(14-22-20)23-21(26)15-7-9-25(10-8-15)31(27,28)17-4-5-18-19(13-17)30-12-11-29-18/h3-6,13-15H,7-12H2,1-2H3,(H,23,26). The second kappa shape index (κ2) is 8.72. The van der Waals surface area contributed by atoms with Crippen LogP contribution in [0.3, 0.4) is 0 Å². The third kappa shape index (κ3) is 4.59. The van der Waals surface area contributed by atoms with Gasteiger partial charge in [0, 0.05) is 39.2 Å². The summed E-state index contributed by atoms with van der Waals surface area (Å²) in [6, 6.07) is 8.30. The lowest BCUT2D eigenvalue weighted by molar-refractivity contribution is -0.120. The van der Waals surface area contributed by atoms with E-state index in [-0.39, 0.29) is 29.8 Å². The number of piperidine rings is 1. The van der Waals surface area contributed by atoms with Crippen molar-refractivity contribution in [1.82, 2.24) is 9.29 Å². The molecular formula is C21H26N4O5S. The summed E-state index contributed by atoms with van der Waals surface area (Å²) in [5, 5.41) is 2.88. The van der Waals surface area contributed by atoms with Crippen LogP contribution < -0.4 is 19.7 Å². The summed E-state index contributed by atoms with van der Waals surface area (Å²) in [5.41, 5.74) is 0.627. The fourth-order valence-electron chi connectivity index (χ4n) is 3.66. The molecule has 1 amide bonds. The van der Waals surface area contributed by atoms with Crippen LogP contribution in [0.15, 0.2) is 41.4 Å². The predicted octanol–water partition coefficient (Wildman–Crippen LogP) is 1.96. The zero-order valence-corrected chi connectivity index (χ0v) is 18.4. The minimum Gasteiger partial charge on any atom is -0.486 e. The molecule has 1 N–H and O–H groups in total. The van der Waals surface area contributed by atoms with E-state index < -0.39 is 10.0 Å². The summed E-state index contributed by atoms with van der Waals surface area (Å²) >= 11 is 0. The predicted molar refractivity (Wildman–Crippen MR) is 116 cm³/mol. The Labute approximate surface area is 182 Å². The highest BCUT2D eigenvalue weighted by Crippen LogP contribution is 2.34. The van der Waals surface area contributed by atoms with Gasteiger partial charge in [-0.15, -0.1) is 0 Å². The first-order valence-electron chi connectivity index (χ1n) is 10.2. The molecule has 3 heterocycles. The number of hydrogen-bond acceptors (Lipinski definition) is 7. The number of hydrogen-bond donors (Lipinski definition) is 1. The van der Waals surface area contributed by atoms with Crippen LogP contribution in [-0.2, 0) is 14.8 Å².